The number of pyridine rings is 1. The van der Waals surface area contributed by atoms with Crippen molar-refractivity contribution in [2.45, 2.75) is 43.6 Å². The molecule has 1 fully saturated rings. The summed E-state index contributed by atoms with van der Waals surface area (Å²) in [5, 5.41) is 0.107. The molecule has 1 aromatic heterocycles. The van der Waals surface area contributed by atoms with E-state index in [0.717, 1.165) is 18.4 Å². The summed E-state index contributed by atoms with van der Waals surface area (Å²) in [5.41, 5.74) is 0.818. The molecule has 1 saturated carbocycles. The maximum Gasteiger partial charge on any atom is 0.260 e. The Morgan fingerprint density at radius 2 is 2.11 bits per heavy atom. The van der Waals surface area contributed by atoms with Crippen LogP contribution < -0.4 is 0 Å². The van der Waals surface area contributed by atoms with Crippen LogP contribution in [0.3, 0.4) is 0 Å². The van der Waals surface area contributed by atoms with Crippen molar-refractivity contribution in [3.05, 3.63) is 23.9 Å². The molecule has 1 heterocycles. The molecule has 1 aliphatic rings. The standard InChI is InChI=1S/C13H19ClN2O2S/c1-10(2)16(9-11-3-4-11)19(17,18)13-6-5-12(7-14)8-15-13/h5-6,8,10-11H,3-4,7,9H2,1-2H3. The lowest BCUT2D eigenvalue weighted by molar-refractivity contribution is 0.340. The first-order valence-corrected chi connectivity index (χ1v) is 8.45. The van der Waals surface area contributed by atoms with Crippen molar-refractivity contribution in [2.75, 3.05) is 6.54 Å². The van der Waals surface area contributed by atoms with Gasteiger partial charge in [0.15, 0.2) is 5.03 Å². The number of sulfonamides is 1. The Bertz CT molecular complexity index is 524. The molecular weight excluding hydrogens is 284 g/mol. The van der Waals surface area contributed by atoms with E-state index in [-0.39, 0.29) is 11.1 Å². The molecule has 0 atom stereocenters. The van der Waals surface area contributed by atoms with Crippen molar-refractivity contribution in [3.63, 3.8) is 0 Å². The van der Waals surface area contributed by atoms with Crippen molar-refractivity contribution in [1.82, 2.24) is 9.29 Å². The Balaban J connectivity index is 2.26. The highest BCUT2D eigenvalue weighted by Gasteiger charge is 2.33. The summed E-state index contributed by atoms with van der Waals surface area (Å²) in [7, 11) is -3.50. The molecule has 19 heavy (non-hydrogen) atoms. The average molecular weight is 303 g/mol. The summed E-state index contributed by atoms with van der Waals surface area (Å²) in [4.78, 5) is 4.04. The largest absolute Gasteiger partial charge is 0.260 e. The van der Waals surface area contributed by atoms with Crippen molar-refractivity contribution >= 4 is 21.6 Å². The summed E-state index contributed by atoms with van der Waals surface area (Å²) in [6.07, 6.45) is 3.77. The van der Waals surface area contributed by atoms with Gasteiger partial charge >= 0.3 is 0 Å². The second-order valence-corrected chi connectivity index (χ2v) is 7.35. The molecule has 0 bridgehead atoms. The molecular formula is C13H19ClN2O2S. The summed E-state index contributed by atoms with van der Waals surface area (Å²) in [6.45, 7) is 4.39. The Morgan fingerprint density at radius 3 is 2.53 bits per heavy atom. The number of alkyl halides is 1. The number of rotatable bonds is 6. The van der Waals surface area contributed by atoms with Crippen LogP contribution in [0, 0.1) is 5.92 Å². The van der Waals surface area contributed by atoms with E-state index < -0.39 is 10.0 Å². The lowest BCUT2D eigenvalue weighted by Gasteiger charge is -2.25. The zero-order chi connectivity index (χ0) is 14.0. The van der Waals surface area contributed by atoms with Crippen LogP contribution in [-0.4, -0.2) is 30.3 Å². The van der Waals surface area contributed by atoms with Gasteiger partial charge in [0.05, 0.1) is 0 Å². The molecule has 0 saturated heterocycles. The molecule has 0 N–H and O–H groups in total. The summed E-state index contributed by atoms with van der Waals surface area (Å²) >= 11 is 5.68. The molecule has 0 radical (unpaired) electrons. The van der Waals surface area contributed by atoms with E-state index in [0.29, 0.717) is 18.3 Å². The number of aromatic nitrogens is 1. The third-order valence-electron chi connectivity index (χ3n) is 3.24. The predicted molar refractivity (Wildman–Crippen MR) is 75.5 cm³/mol. The van der Waals surface area contributed by atoms with Gasteiger partial charge in [0.1, 0.15) is 0 Å². The molecule has 106 valence electrons. The van der Waals surface area contributed by atoms with Gasteiger partial charge in [0.25, 0.3) is 10.0 Å². The van der Waals surface area contributed by atoms with Crippen molar-refractivity contribution in [2.24, 2.45) is 5.92 Å². The quantitative estimate of drug-likeness (QED) is 0.759. The normalized spacial score (nSPS) is 16.3. The zero-order valence-corrected chi connectivity index (χ0v) is 12.8. The highest BCUT2D eigenvalue weighted by atomic mass is 35.5. The van der Waals surface area contributed by atoms with E-state index in [1.165, 1.54) is 12.3 Å². The number of nitrogens with zero attached hydrogens (tertiary/aromatic N) is 2. The Morgan fingerprint density at radius 1 is 1.42 bits per heavy atom. The first-order chi connectivity index (χ1) is 8.95. The van der Waals surface area contributed by atoms with E-state index in [1.807, 2.05) is 13.8 Å². The van der Waals surface area contributed by atoms with Gasteiger partial charge in [-0.3, -0.25) is 0 Å². The van der Waals surface area contributed by atoms with E-state index in [2.05, 4.69) is 4.98 Å². The minimum absolute atomic E-state index is 0.0555. The van der Waals surface area contributed by atoms with Gasteiger partial charge < -0.3 is 0 Å². The monoisotopic (exact) mass is 302 g/mol. The van der Waals surface area contributed by atoms with Crippen LogP contribution in [0.25, 0.3) is 0 Å². The van der Waals surface area contributed by atoms with Crippen LogP contribution in [0.4, 0.5) is 0 Å². The third-order valence-corrected chi connectivity index (χ3v) is 5.50. The Hall–Kier alpha value is -0.650. The van der Waals surface area contributed by atoms with Crippen LogP contribution in [0.5, 0.6) is 0 Å². The third kappa shape index (κ3) is 3.46. The van der Waals surface area contributed by atoms with Gasteiger partial charge in [-0.1, -0.05) is 6.07 Å². The predicted octanol–water partition coefficient (Wildman–Crippen LogP) is 2.63. The fourth-order valence-corrected chi connectivity index (χ4v) is 3.69. The van der Waals surface area contributed by atoms with E-state index in [4.69, 9.17) is 11.6 Å². The molecule has 6 heteroatoms. The molecule has 1 aromatic rings. The fraction of sp³-hybridized carbons (Fsp3) is 0.615. The summed E-state index contributed by atoms with van der Waals surface area (Å²) < 4.78 is 26.7. The second-order valence-electron chi connectivity index (χ2n) is 5.25. The van der Waals surface area contributed by atoms with E-state index in [1.54, 1.807) is 10.4 Å². The summed E-state index contributed by atoms with van der Waals surface area (Å²) in [5.74, 6) is 0.850. The molecule has 0 spiro atoms. The van der Waals surface area contributed by atoms with Crippen LogP contribution >= 0.6 is 11.6 Å². The first kappa shape index (κ1) is 14.8. The van der Waals surface area contributed by atoms with E-state index >= 15 is 0 Å². The Kier molecular flexibility index (Phi) is 4.48. The first-order valence-electron chi connectivity index (χ1n) is 6.48. The molecule has 0 amide bonds. The SMILES string of the molecule is CC(C)N(CC1CC1)S(=O)(=O)c1ccc(CCl)cn1. The van der Waals surface area contributed by atoms with Gasteiger partial charge in [0.2, 0.25) is 0 Å². The van der Waals surface area contributed by atoms with Crippen LogP contribution in [0.15, 0.2) is 23.4 Å². The maximum absolute atomic E-state index is 12.6. The van der Waals surface area contributed by atoms with Crippen molar-refractivity contribution < 1.29 is 8.42 Å². The fourth-order valence-electron chi connectivity index (χ4n) is 1.90. The molecule has 0 aromatic carbocycles. The minimum Gasteiger partial charge on any atom is -0.243 e. The minimum atomic E-state index is -3.50. The van der Waals surface area contributed by atoms with Gasteiger partial charge in [-0.05, 0) is 44.2 Å². The number of hydrogen-bond acceptors (Lipinski definition) is 3. The van der Waals surface area contributed by atoms with Gasteiger partial charge in [-0.15, -0.1) is 11.6 Å². The lowest BCUT2D eigenvalue weighted by atomic mass is 10.3. The van der Waals surface area contributed by atoms with Gasteiger partial charge in [0, 0.05) is 24.7 Å². The van der Waals surface area contributed by atoms with Crippen LogP contribution in [0.2, 0.25) is 0 Å². The summed E-state index contributed by atoms with van der Waals surface area (Å²) in [6, 6.07) is 3.19. The molecule has 2 rings (SSSR count). The van der Waals surface area contributed by atoms with Crippen LogP contribution in [-0.2, 0) is 15.9 Å². The lowest BCUT2D eigenvalue weighted by Crippen LogP contribution is -2.38. The highest BCUT2D eigenvalue weighted by Crippen LogP contribution is 2.32. The maximum atomic E-state index is 12.6. The topological polar surface area (TPSA) is 50.3 Å². The van der Waals surface area contributed by atoms with Crippen molar-refractivity contribution in [3.8, 4) is 0 Å². The molecule has 0 aliphatic heterocycles. The van der Waals surface area contributed by atoms with Gasteiger partial charge in [-0.2, -0.15) is 4.31 Å². The van der Waals surface area contributed by atoms with Crippen LogP contribution in [0.1, 0.15) is 32.3 Å². The number of hydrogen-bond donors (Lipinski definition) is 0. The molecule has 0 unspecified atom stereocenters. The zero-order valence-electron chi connectivity index (χ0n) is 11.2. The molecule has 4 nitrogen and oxygen atoms in total. The van der Waals surface area contributed by atoms with Gasteiger partial charge in [-0.25, -0.2) is 13.4 Å². The van der Waals surface area contributed by atoms with Crippen molar-refractivity contribution in [1.29, 1.82) is 0 Å². The van der Waals surface area contributed by atoms with E-state index in [9.17, 15) is 8.42 Å². The smallest absolute Gasteiger partial charge is 0.243 e. The Labute approximate surface area is 119 Å². The molecule has 1 aliphatic carbocycles. The average Bonchev–Trinajstić information content (AvgIpc) is 3.19. The highest BCUT2D eigenvalue weighted by molar-refractivity contribution is 7.89. The number of halogens is 1. The second kappa shape index (κ2) is 5.77.